The molecule has 1 amide bonds. The maximum Gasteiger partial charge on any atom is 0.237 e. The molecule has 1 fully saturated rings. The van der Waals surface area contributed by atoms with Crippen LogP contribution in [0.5, 0.6) is 0 Å². The van der Waals surface area contributed by atoms with Crippen molar-refractivity contribution >= 4 is 5.91 Å². The Hall–Kier alpha value is -0.650. The number of ether oxygens (including phenoxy) is 1. The maximum atomic E-state index is 11.7. The molecule has 112 valence electrons. The molecule has 0 saturated carbocycles. The third-order valence-electron chi connectivity index (χ3n) is 4.28. The van der Waals surface area contributed by atoms with Gasteiger partial charge in [-0.15, -0.1) is 0 Å². The summed E-state index contributed by atoms with van der Waals surface area (Å²) in [6, 6.07) is 0.849. The number of nitrogens with two attached hydrogens (primary N) is 1. The first-order valence-electron chi connectivity index (χ1n) is 7.25. The number of amides is 1. The average Bonchev–Trinajstić information content (AvgIpc) is 2.38. The van der Waals surface area contributed by atoms with Crippen molar-refractivity contribution in [2.75, 3.05) is 26.8 Å². The molecule has 1 saturated heterocycles. The van der Waals surface area contributed by atoms with E-state index in [4.69, 9.17) is 10.5 Å². The van der Waals surface area contributed by atoms with Crippen molar-refractivity contribution in [3.63, 3.8) is 0 Å². The zero-order valence-corrected chi connectivity index (χ0v) is 12.7. The van der Waals surface area contributed by atoms with Gasteiger partial charge in [-0.2, -0.15) is 0 Å². The number of rotatable bonds is 7. The fraction of sp³-hybridized carbons (Fsp3) is 0.929. The van der Waals surface area contributed by atoms with Gasteiger partial charge in [0.2, 0.25) is 5.91 Å². The fourth-order valence-electron chi connectivity index (χ4n) is 2.84. The fourth-order valence-corrected chi connectivity index (χ4v) is 2.84. The van der Waals surface area contributed by atoms with E-state index in [-0.39, 0.29) is 5.91 Å². The molecule has 2 unspecified atom stereocenters. The molecule has 0 bridgehead atoms. The lowest BCUT2D eigenvalue weighted by atomic mass is 9.91. The number of hydrogen-bond donors (Lipinski definition) is 2. The first-order chi connectivity index (χ1) is 8.90. The average molecular weight is 271 g/mol. The smallest absolute Gasteiger partial charge is 0.237 e. The van der Waals surface area contributed by atoms with Crippen molar-refractivity contribution in [2.24, 2.45) is 5.73 Å². The van der Waals surface area contributed by atoms with Crippen LogP contribution in [0.25, 0.3) is 0 Å². The van der Waals surface area contributed by atoms with Gasteiger partial charge in [0.15, 0.2) is 0 Å². The van der Waals surface area contributed by atoms with Crippen LogP contribution in [-0.2, 0) is 9.53 Å². The highest BCUT2D eigenvalue weighted by Crippen LogP contribution is 2.21. The van der Waals surface area contributed by atoms with Crippen LogP contribution >= 0.6 is 0 Å². The molecule has 5 nitrogen and oxygen atoms in total. The summed E-state index contributed by atoms with van der Waals surface area (Å²) in [5.41, 5.74) is 4.91. The van der Waals surface area contributed by atoms with Gasteiger partial charge in [-0.3, -0.25) is 4.79 Å². The van der Waals surface area contributed by atoms with Crippen LogP contribution in [0.2, 0.25) is 0 Å². The van der Waals surface area contributed by atoms with Gasteiger partial charge >= 0.3 is 0 Å². The molecule has 1 heterocycles. The van der Waals surface area contributed by atoms with Crippen molar-refractivity contribution in [2.45, 2.75) is 57.7 Å². The monoisotopic (exact) mass is 271 g/mol. The zero-order chi connectivity index (χ0) is 14.5. The van der Waals surface area contributed by atoms with Crippen molar-refractivity contribution in [3.8, 4) is 0 Å². The van der Waals surface area contributed by atoms with Gasteiger partial charge in [0.25, 0.3) is 0 Å². The molecule has 0 aromatic heterocycles. The van der Waals surface area contributed by atoms with E-state index < -0.39 is 5.54 Å². The highest BCUT2D eigenvalue weighted by atomic mass is 16.5. The maximum absolute atomic E-state index is 11.7. The summed E-state index contributed by atoms with van der Waals surface area (Å²) in [6.45, 7) is 8.46. The number of carbonyl (C=O) groups is 1. The lowest BCUT2D eigenvalue weighted by Crippen LogP contribution is -2.57. The third kappa shape index (κ3) is 4.44. The number of carbonyl (C=O) groups excluding carboxylic acids is 1. The predicted octanol–water partition coefficient (Wildman–Crippen LogP) is 0.729. The first kappa shape index (κ1) is 16.4. The van der Waals surface area contributed by atoms with Gasteiger partial charge in [-0.05, 0) is 46.7 Å². The number of nitrogens with one attached hydrogen (secondary N) is 1. The highest BCUT2D eigenvalue weighted by molar-refractivity contribution is 5.84. The Balaban J connectivity index is 2.60. The molecule has 1 rings (SSSR count). The number of hydrogen-bond acceptors (Lipinski definition) is 4. The van der Waals surface area contributed by atoms with Crippen LogP contribution in [0.1, 0.15) is 40.0 Å². The Labute approximate surface area is 116 Å². The Morgan fingerprint density at radius 3 is 2.58 bits per heavy atom. The van der Waals surface area contributed by atoms with Gasteiger partial charge in [-0.1, -0.05) is 6.92 Å². The SMILES string of the molecule is CCNC(C)(CC(C)N(C)C1CCOCC1)C(N)=O. The molecule has 0 aliphatic carbocycles. The summed E-state index contributed by atoms with van der Waals surface area (Å²) in [6.07, 6.45) is 2.86. The number of nitrogens with zero attached hydrogens (tertiary/aromatic N) is 1. The lowest BCUT2D eigenvalue weighted by Gasteiger charge is -2.39. The second-order valence-corrected chi connectivity index (χ2v) is 5.79. The summed E-state index contributed by atoms with van der Waals surface area (Å²) in [5.74, 6) is -0.276. The predicted molar refractivity (Wildman–Crippen MR) is 77.0 cm³/mol. The van der Waals surface area contributed by atoms with Crippen molar-refractivity contribution < 1.29 is 9.53 Å². The molecule has 0 aromatic carbocycles. The van der Waals surface area contributed by atoms with E-state index in [0.29, 0.717) is 12.1 Å². The van der Waals surface area contributed by atoms with Crippen LogP contribution in [0, 0.1) is 0 Å². The first-order valence-corrected chi connectivity index (χ1v) is 7.25. The normalized spacial score (nSPS) is 22.2. The molecule has 0 aromatic rings. The third-order valence-corrected chi connectivity index (χ3v) is 4.28. The van der Waals surface area contributed by atoms with Gasteiger partial charge in [0.1, 0.15) is 0 Å². The summed E-state index contributed by atoms with van der Waals surface area (Å²) in [5, 5.41) is 3.22. The molecule has 0 radical (unpaired) electrons. The lowest BCUT2D eigenvalue weighted by molar-refractivity contribution is -0.124. The Morgan fingerprint density at radius 2 is 2.11 bits per heavy atom. The van der Waals surface area contributed by atoms with Gasteiger partial charge < -0.3 is 20.7 Å². The van der Waals surface area contributed by atoms with Gasteiger partial charge in [-0.25, -0.2) is 0 Å². The van der Waals surface area contributed by atoms with Crippen LogP contribution < -0.4 is 11.1 Å². The Bertz CT molecular complexity index is 292. The summed E-state index contributed by atoms with van der Waals surface area (Å²) < 4.78 is 5.39. The minimum Gasteiger partial charge on any atom is -0.381 e. The standard InChI is InChI=1S/C14H29N3O2/c1-5-16-14(3,13(15)18)10-11(2)17(4)12-6-8-19-9-7-12/h11-12,16H,5-10H2,1-4H3,(H2,15,18). The quantitative estimate of drug-likeness (QED) is 0.716. The van der Waals surface area contributed by atoms with E-state index >= 15 is 0 Å². The van der Waals surface area contributed by atoms with Crippen molar-refractivity contribution in [1.82, 2.24) is 10.2 Å². The molecule has 3 N–H and O–H groups in total. The number of likely N-dealkylation sites (N-methyl/N-ethyl adjacent to an activating group) is 1. The zero-order valence-electron chi connectivity index (χ0n) is 12.7. The second-order valence-electron chi connectivity index (χ2n) is 5.79. The van der Waals surface area contributed by atoms with E-state index in [1.807, 2.05) is 13.8 Å². The second kappa shape index (κ2) is 7.22. The summed E-state index contributed by atoms with van der Waals surface area (Å²) >= 11 is 0. The van der Waals surface area contributed by atoms with Crippen LogP contribution in [-0.4, -0.2) is 55.2 Å². The molecule has 0 spiro atoms. The van der Waals surface area contributed by atoms with Crippen LogP contribution in [0.15, 0.2) is 0 Å². The van der Waals surface area contributed by atoms with Crippen molar-refractivity contribution in [1.29, 1.82) is 0 Å². The minimum atomic E-state index is -0.631. The van der Waals surface area contributed by atoms with E-state index in [1.54, 1.807) is 0 Å². The largest absolute Gasteiger partial charge is 0.381 e. The molecular weight excluding hydrogens is 242 g/mol. The summed E-state index contributed by atoms with van der Waals surface area (Å²) in [7, 11) is 2.13. The Kier molecular flexibility index (Phi) is 6.23. The highest BCUT2D eigenvalue weighted by Gasteiger charge is 2.34. The topological polar surface area (TPSA) is 67.6 Å². The Morgan fingerprint density at radius 1 is 1.53 bits per heavy atom. The van der Waals surface area contributed by atoms with E-state index in [1.165, 1.54) is 0 Å². The minimum absolute atomic E-state index is 0.276. The van der Waals surface area contributed by atoms with Crippen LogP contribution in [0.4, 0.5) is 0 Å². The van der Waals surface area contributed by atoms with Gasteiger partial charge in [0.05, 0.1) is 5.54 Å². The summed E-state index contributed by atoms with van der Waals surface area (Å²) in [4.78, 5) is 14.0. The molecule has 1 aliphatic heterocycles. The molecular formula is C14H29N3O2. The molecule has 1 aliphatic rings. The van der Waals surface area contributed by atoms with E-state index in [0.717, 1.165) is 39.0 Å². The van der Waals surface area contributed by atoms with Crippen molar-refractivity contribution in [3.05, 3.63) is 0 Å². The number of primary amides is 1. The van der Waals surface area contributed by atoms with E-state index in [2.05, 4.69) is 24.2 Å². The molecule has 2 atom stereocenters. The van der Waals surface area contributed by atoms with E-state index in [9.17, 15) is 4.79 Å². The molecule has 19 heavy (non-hydrogen) atoms. The van der Waals surface area contributed by atoms with Gasteiger partial charge in [0, 0.05) is 25.3 Å². The molecule has 5 heteroatoms. The van der Waals surface area contributed by atoms with Crippen LogP contribution in [0.3, 0.4) is 0 Å².